The van der Waals surface area contributed by atoms with Gasteiger partial charge < -0.3 is 10.6 Å². The highest BCUT2D eigenvalue weighted by Crippen LogP contribution is 2.18. The van der Waals surface area contributed by atoms with E-state index >= 15 is 0 Å². The molecule has 2 N–H and O–H groups in total. The fraction of sp³-hybridized carbons (Fsp3) is 0.364. The van der Waals surface area contributed by atoms with Gasteiger partial charge >= 0.3 is 0 Å². The summed E-state index contributed by atoms with van der Waals surface area (Å²) in [7, 11) is 1.63. The van der Waals surface area contributed by atoms with Crippen molar-refractivity contribution < 1.29 is 4.79 Å². The van der Waals surface area contributed by atoms with E-state index in [4.69, 9.17) is 0 Å². The van der Waals surface area contributed by atoms with Crippen LogP contribution in [-0.2, 0) is 4.79 Å². The number of anilines is 1. The summed E-state index contributed by atoms with van der Waals surface area (Å²) in [6.45, 7) is 4.38. The zero-order chi connectivity index (χ0) is 10.6. The highest BCUT2D eigenvalue weighted by molar-refractivity contribution is 5.80. The van der Waals surface area contributed by atoms with Gasteiger partial charge in [0.25, 0.3) is 0 Å². The van der Waals surface area contributed by atoms with Gasteiger partial charge in [-0.05, 0) is 25.0 Å². The van der Waals surface area contributed by atoms with Crippen LogP contribution in [-0.4, -0.2) is 19.5 Å². The molecule has 0 aliphatic rings. The molecule has 0 fully saturated rings. The predicted molar refractivity (Wildman–Crippen MR) is 58.5 cm³/mol. The molecule has 76 valence electrons. The standard InChI is InChI=1S/C11H16N2O/c1-8-5-4-6-9(2)11(8)13-7-10(14)12-3/h4-6,13H,7H2,1-3H3,(H,12,14). The second-order valence-electron chi connectivity index (χ2n) is 3.29. The van der Waals surface area contributed by atoms with Crippen molar-refractivity contribution in [3.05, 3.63) is 29.3 Å². The molecule has 14 heavy (non-hydrogen) atoms. The van der Waals surface area contributed by atoms with Crippen molar-refractivity contribution in [3.63, 3.8) is 0 Å². The Morgan fingerprint density at radius 1 is 1.29 bits per heavy atom. The average molecular weight is 192 g/mol. The van der Waals surface area contributed by atoms with Gasteiger partial charge in [-0.15, -0.1) is 0 Å². The van der Waals surface area contributed by atoms with E-state index in [2.05, 4.69) is 10.6 Å². The molecular weight excluding hydrogens is 176 g/mol. The van der Waals surface area contributed by atoms with Crippen LogP contribution in [0.2, 0.25) is 0 Å². The Morgan fingerprint density at radius 3 is 2.36 bits per heavy atom. The molecule has 3 heteroatoms. The van der Waals surface area contributed by atoms with E-state index in [-0.39, 0.29) is 5.91 Å². The fourth-order valence-electron chi connectivity index (χ4n) is 1.35. The lowest BCUT2D eigenvalue weighted by atomic mass is 10.1. The van der Waals surface area contributed by atoms with E-state index in [0.717, 1.165) is 16.8 Å². The van der Waals surface area contributed by atoms with Crippen molar-refractivity contribution in [2.24, 2.45) is 0 Å². The van der Waals surface area contributed by atoms with Crippen molar-refractivity contribution in [1.29, 1.82) is 0 Å². The van der Waals surface area contributed by atoms with Gasteiger partial charge in [0.2, 0.25) is 5.91 Å². The van der Waals surface area contributed by atoms with Crippen molar-refractivity contribution in [1.82, 2.24) is 5.32 Å². The van der Waals surface area contributed by atoms with Crippen LogP contribution in [0.5, 0.6) is 0 Å². The first-order chi connectivity index (χ1) is 6.65. The molecule has 0 atom stereocenters. The smallest absolute Gasteiger partial charge is 0.239 e. The molecule has 0 spiro atoms. The van der Waals surface area contributed by atoms with Gasteiger partial charge in [0, 0.05) is 12.7 Å². The first-order valence-corrected chi connectivity index (χ1v) is 4.66. The summed E-state index contributed by atoms with van der Waals surface area (Å²) in [6, 6.07) is 6.06. The van der Waals surface area contributed by atoms with Gasteiger partial charge in [0.15, 0.2) is 0 Å². The molecule has 1 aromatic rings. The molecule has 0 aliphatic heterocycles. The van der Waals surface area contributed by atoms with Crippen molar-refractivity contribution >= 4 is 11.6 Å². The number of carbonyl (C=O) groups is 1. The van der Waals surface area contributed by atoms with Crippen LogP contribution in [0, 0.1) is 13.8 Å². The lowest BCUT2D eigenvalue weighted by Gasteiger charge is -2.11. The molecule has 1 rings (SSSR count). The molecule has 1 aromatic carbocycles. The Hall–Kier alpha value is -1.51. The Bertz CT molecular complexity index is 314. The third kappa shape index (κ3) is 2.49. The summed E-state index contributed by atoms with van der Waals surface area (Å²) in [5.74, 6) is -0.00680. The summed E-state index contributed by atoms with van der Waals surface area (Å²) in [5, 5.41) is 5.69. The van der Waals surface area contributed by atoms with E-state index in [0.29, 0.717) is 6.54 Å². The molecule has 3 nitrogen and oxygen atoms in total. The molecule has 0 heterocycles. The molecule has 0 bridgehead atoms. The number of carbonyl (C=O) groups excluding carboxylic acids is 1. The molecular formula is C11H16N2O. The zero-order valence-electron chi connectivity index (χ0n) is 8.85. The maximum Gasteiger partial charge on any atom is 0.239 e. The minimum absolute atomic E-state index is 0.00680. The second kappa shape index (κ2) is 4.65. The number of likely N-dealkylation sites (N-methyl/N-ethyl adjacent to an activating group) is 1. The SMILES string of the molecule is CNC(=O)CNc1c(C)cccc1C. The topological polar surface area (TPSA) is 41.1 Å². The fourth-order valence-corrected chi connectivity index (χ4v) is 1.35. The average Bonchev–Trinajstić information content (AvgIpc) is 2.16. The first-order valence-electron chi connectivity index (χ1n) is 4.66. The van der Waals surface area contributed by atoms with Gasteiger partial charge in [0.05, 0.1) is 6.54 Å². The van der Waals surface area contributed by atoms with Crippen LogP contribution >= 0.6 is 0 Å². The minimum Gasteiger partial charge on any atom is -0.376 e. The van der Waals surface area contributed by atoms with Gasteiger partial charge in [0.1, 0.15) is 0 Å². The highest BCUT2D eigenvalue weighted by atomic mass is 16.1. The summed E-state index contributed by atoms with van der Waals surface area (Å²) in [4.78, 5) is 11.0. The van der Waals surface area contributed by atoms with Gasteiger partial charge in [-0.25, -0.2) is 0 Å². The lowest BCUT2D eigenvalue weighted by Crippen LogP contribution is -2.26. The predicted octanol–water partition coefficient (Wildman–Crippen LogP) is 1.46. The largest absolute Gasteiger partial charge is 0.376 e. The molecule has 0 radical (unpaired) electrons. The number of nitrogens with one attached hydrogen (secondary N) is 2. The summed E-state index contributed by atoms with van der Waals surface area (Å²) in [5.41, 5.74) is 3.37. The van der Waals surface area contributed by atoms with Gasteiger partial charge in [-0.2, -0.15) is 0 Å². The first kappa shape index (κ1) is 10.6. The van der Waals surface area contributed by atoms with Crippen molar-refractivity contribution in [3.8, 4) is 0 Å². The minimum atomic E-state index is -0.00680. The third-order valence-electron chi connectivity index (χ3n) is 2.19. The van der Waals surface area contributed by atoms with Crippen LogP contribution < -0.4 is 10.6 Å². The van der Waals surface area contributed by atoms with Crippen LogP contribution in [0.25, 0.3) is 0 Å². The Balaban J connectivity index is 2.71. The van der Waals surface area contributed by atoms with E-state index < -0.39 is 0 Å². The number of benzene rings is 1. The van der Waals surface area contributed by atoms with E-state index in [1.54, 1.807) is 7.05 Å². The molecule has 1 amide bonds. The van der Waals surface area contributed by atoms with E-state index in [9.17, 15) is 4.79 Å². The molecule has 0 saturated carbocycles. The summed E-state index contributed by atoms with van der Waals surface area (Å²) in [6.07, 6.45) is 0. The van der Waals surface area contributed by atoms with Crippen LogP contribution in [0.3, 0.4) is 0 Å². The van der Waals surface area contributed by atoms with Crippen LogP contribution in [0.15, 0.2) is 18.2 Å². The number of rotatable bonds is 3. The summed E-state index contributed by atoms with van der Waals surface area (Å²) < 4.78 is 0. The van der Waals surface area contributed by atoms with Crippen molar-refractivity contribution in [2.45, 2.75) is 13.8 Å². The zero-order valence-corrected chi connectivity index (χ0v) is 8.85. The summed E-state index contributed by atoms with van der Waals surface area (Å²) >= 11 is 0. The number of aryl methyl sites for hydroxylation is 2. The maximum absolute atomic E-state index is 11.0. The van der Waals surface area contributed by atoms with Gasteiger partial charge in [-0.1, -0.05) is 18.2 Å². The van der Waals surface area contributed by atoms with Crippen molar-refractivity contribution in [2.75, 3.05) is 18.9 Å². The van der Waals surface area contributed by atoms with E-state index in [1.165, 1.54) is 0 Å². The molecule has 0 aliphatic carbocycles. The number of hydrogen-bond donors (Lipinski definition) is 2. The van der Waals surface area contributed by atoms with Crippen LogP contribution in [0.1, 0.15) is 11.1 Å². The second-order valence-corrected chi connectivity index (χ2v) is 3.29. The van der Waals surface area contributed by atoms with Crippen LogP contribution in [0.4, 0.5) is 5.69 Å². The molecule has 0 saturated heterocycles. The number of hydrogen-bond acceptors (Lipinski definition) is 2. The Morgan fingerprint density at radius 2 is 1.86 bits per heavy atom. The third-order valence-corrected chi connectivity index (χ3v) is 2.19. The monoisotopic (exact) mass is 192 g/mol. The normalized spacial score (nSPS) is 9.64. The number of para-hydroxylation sites is 1. The molecule has 0 unspecified atom stereocenters. The van der Waals surface area contributed by atoms with Gasteiger partial charge in [-0.3, -0.25) is 4.79 Å². The number of amides is 1. The van der Waals surface area contributed by atoms with E-state index in [1.807, 2.05) is 32.0 Å². The molecule has 0 aromatic heterocycles. The Labute approximate surface area is 84.5 Å². The maximum atomic E-state index is 11.0. The lowest BCUT2D eigenvalue weighted by molar-refractivity contribution is -0.118. The highest BCUT2D eigenvalue weighted by Gasteiger charge is 2.02. The quantitative estimate of drug-likeness (QED) is 0.761. The Kier molecular flexibility index (Phi) is 3.51.